The average molecular weight is 484 g/mol. The lowest BCUT2D eigenvalue weighted by Crippen LogP contribution is -2.27. The summed E-state index contributed by atoms with van der Waals surface area (Å²) in [7, 11) is -2.00. The minimum atomic E-state index is -3.79. The number of nitrogens with one attached hydrogen (secondary N) is 1. The number of aromatic nitrogens is 2. The maximum absolute atomic E-state index is 13.1. The van der Waals surface area contributed by atoms with Gasteiger partial charge in [0.15, 0.2) is 0 Å². The van der Waals surface area contributed by atoms with Crippen molar-refractivity contribution in [3.05, 3.63) is 82.5 Å². The highest BCUT2D eigenvalue weighted by molar-refractivity contribution is 7.89. The van der Waals surface area contributed by atoms with Crippen LogP contribution in [-0.2, 0) is 23.5 Å². The molecule has 0 saturated carbocycles. The third-order valence-corrected chi connectivity index (χ3v) is 7.43. The van der Waals surface area contributed by atoms with Gasteiger partial charge in [-0.05, 0) is 56.0 Å². The molecule has 1 aromatic heterocycles. The molecule has 1 N–H and O–H groups in total. The Balaban J connectivity index is 1.62. The molecule has 4 rings (SSSR count). The SMILES string of the molecule is CCc1c(C(C)NS(=O)(=O)c2ccc3c(Cl)cccc3c2)nn(C)c1Oc1ccc(C)cc1. The summed E-state index contributed by atoms with van der Waals surface area (Å²) in [4.78, 5) is 0.175. The van der Waals surface area contributed by atoms with Crippen LogP contribution in [-0.4, -0.2) is 18.2 Å². The normalized spacial score (nSPS) is 12.8. The first-order valence-corrected chi connectivity index (χ1v) is 12.6. The molecule has 1 atom stereocenters. The molecule has 3 aromatic carbocycles. The van der Waals surface area contributed by atoms with Gasteiger partial charge >= 0.3 is 0 Å². The van der Waals surface area contributed by atoms with Crippen LogP contribution in [0.2, 0.25) is 5.02 Å². The highest BCUT2D eigenvalue weighted by atomic mass is 35.5. The number of aryl methyl sites for hydroxylation is 2. The van der Waals surface area contributed by atoms with Crippen LogP contribution in [0.3, 0.4) is 0 Å². The molecule has 0 saturated heterocycles. The molecule has 0 amide bonds. The van der Waals surface area contributed by atoms with Crippen molar-refractivity contribution < 1.29 is 13.2 Å². The third-order valence-electron chi connectivity index (χ3n) is 5.56. The summed E-state index contributed by atoms with van der Waals surface area (Å²) in [6, 6.07) is 17.5. The monoisotopic (exact) mass is 483 g/mol. The molecule has 0 fully saturated rings. The molecular formula is C25H26ClN3O3S. The summed E-state index contributed by atoms with van der Waals surface area (Å²) >= 11 is 6.22. The molecule has 0 spiro atoms. The molecule has 0 aliphatic heterocycles. The Morgan fingerprint density at radius 2 is 1.85 bits per heavy atom. The molecule has 4 aromatic rings. The van der Waals surface area contributed by atoms with Crippen molar-refractivity contribution in [2.24, 2.45) is 7.05 Å². The zero-order valence-corrected chi connectivity index (χ0v) is 20.5. The summed E-state index contributed by atoms with van der Waals surface area (Å²) in [5, 5.41) is 6.74. The third kappa shape index (κ3) is 4.76. The molecule has 8 heteroatoms. The number of sulfonamides is 1. The van der Waals surface area contributed by atoms with Crippen molar-refractivity contribution in [3.8, 4) is 11.6 Å². The molecule has 1 unspecified atom stereocenters. The van der Waals surface area contributed by atoms with E-state index in [-0.39, 0.29) is 4.90 Å². The Kier molecular flexibility index (Phi) is 6.47. The number of halogens is 1. The van der Waals surface area contributed by atoms with Crippen LogP contribution in [0.1, 0.15) is 36.7 Å². The number of fused-ring (bicyclic) bond motifs is 1. The van der Waals surface area contributed by atoms with Crippen molar-refractivity contribution in [1.29, 1.82) is 0 Å². The number of hydrogen-bond donors (Lipinski definition) is 1. The Hall–Kier alpha value is -2.87. The summed E-state index contributed by atoms with van der Waals surface area (Å²) in [5.41, 5.74) is 2.64. The highest BCUT2D eigenvalue weighted by Crippen LogP contribution is 2.32. The lowest BCUT2D eigenvalue weighted by molar-refractivity contribution is 0.426. The predicted molar refractivity (Wildman–Crippen MR) is 132 cm³/mol. The van der Waals surface area contributed by atoms with E-state index < -0.39 is 16.1 Å². The van der Waals surface area contributed by atoms with Gasteiger partial charge in [-0.15, -0.1) is 0 Å². The molecule has 0 aliphatic carbocycles. The van der Waals surface area contributed by atoms with E-state index in [9.17, 15) is 8.42 Å². The van der Waals surface area contributed by atoms with Gasteiger partial charge in [0.05, 0.1) is 16.6 Å². The Labute approximate surface area is 199 Å². The Bertz CT molecular complexity index is 1410. The molecule has 6 nitrogen and oxygen atoms in total. The fraction of sp³-hybridized carbons (Fsp3) is 0.240. The summed E-state index contributed by atoms with van der Waals surface area (Å²) in [5.74, 6) is 1.30. The zero-order chi connectivity index (χ0) is 23.8. The summed E-state index contributed by atoms with van der Waals surface area (Å²) in [6.45, 7) is 5.80. The highest BCUT2D eigenvalue weighted by Gasteiger charge is 2.25. The Morgan fingerprint density at radius 3 is 2.55 bits per heavy atom. The topological polar surface area (TPSA) is 73.2 Å². The van der Waals surface area contributed by atoms with Crippen molar-refractivity contribution >= 4 is 32.4 Å². The number of benzene rings is 3. The molecule has 172 valence electrons. The van der Waals surface area contributed by atoms with E-state index in [0.717, 1.165) is 21.9 Å². The quantitative estimate of drug-likeness (QED) is 0.353. The van der Waals surface area contributed by atoms with Crippen LogP contribution in [0, 0.1) is 6.92 Å². The number of ether oxygens (including phenoxy) is 1. The van der Waals surface area contributed by atoms with E-state index in [2.05, 4.69) is 9.82 Å². The van der Waals surface area contributed by atoms with Gasteiger partial charge in [-0.25, -0.2) is 17.8 Å². The van der Waals surface area contributed by atoms with E-state index in [1.807, 2.05) is 44.2 Å². The smallest absolute Gasteiger partial charge is 0.241 e. The summed E-state index contributed by atoms with van der Waals surface area (Å²) in [6.07, 6.45) is 0.644. The lowest BCUT2D eigenvalue weighted by Gasteiger charge is -2.14. The van der Waals surface area contributed by atoms with Gasteiger partial charge in [0.2, 0.25) is 15.9 Å². The second-order valence-corrected chi connectivity index (χ2v) is 10.1. The maximum Gasteiger partial charge on any atom is 0.241 e. The van der Waals surface area contributed by atoms with Gasteiger partial charge in [-0.3, -0.25) is 0 Å². The number of nitrogens with zero attached hydrogens (tertiary/aromatic N) is 2. The van der Waals surface area contributed by atoms with Crippen molar-refractivity contribution in [2.75, 3.05) is 0 Å². The first-order chi connectivity index (χ1) is 15.7. The molecule has 0 aliphatic rings. The second-order valence-electron chi connectivity index (χ2n) is 8.03. The van der Waals surface area contributed by atoms with E-state index in [1.54, 1.807) is 49.0 Å². The molecular weight excluding hydrogens is 458 g/mol. The Morgan fingerprint density at radius 1 is 1.12 bits per heavy atom. The van der Waals surface area contributed by atoms with Gasteiger partial charge < -0.3 is 4.74 Å². The van der Waals surface area contributed by atoms with E-state index >= 15 is 0 Å². The van der Waals surface area contributed by atoms with Crippen LogP contribution in [0.5, 0.6) is 11.6 Å². The van der Waals surface area contributed by atoms with Crippen molar-refractivity contribution in [3.63, 3.8) is 0 Å². The first kappa shape index (κ1) is 23.3. The van der Waals surface area contributed by atoms with Crippen LogP contribution in [0.4, 0.5) is 0 Å². The molecule has 1 heterocycles. The minimum Gasteiger partial charge on any atom is -0.439 e. The van der Waals surface area contributed by atoms with Crippen molar-refractivity contribution in [1.82, 2.24) is 14.5 Å². The molecule has 0 bridgehead atoms. The van der Waals surface area contributed by atoms with Gasteiger partial charge in [0, 0.05) is 23.0 Å². The van der Waals surface area contributed by atoms with E-state index in [0.29, 0.717) is 28.8 Å². The second kappa shape index (κ2) is 9.17. The summed E-state index contributed by atoms with van der Waals surface area (Å²) < 4.78 is 36.8. The minimum absolute atomic E-state index is 0.175. The van der Waals surface area contributed by atoms with E-state index in [1.165, 1.54) is 0 Å². The van der Waals surface area contributed by atoms with Gasteiger partial charge in [-0.1, -0.05) is 54.4 Å². The first-order valence-electron chi connectivity index (χ1n) is 10.7. The standard InChI is InChI=1S/C25H26ClN3O3S/c1-5-21-24(27-29(4)25(21)32-19-11-9-16(2)10-12-19)17(3)28-33(30,31)20-13-14-22-18(15-20)7-6-8-23(22)26/h6-15,17,28H,5H2,1-4H3. The largest absolute Gasteiger partial charge is 0.439 e. The van der Waals surface area contributed by atoms with Crippen molar-refractivity contribution in [2.45, 2.75) is 38.1 Å². The van der Waals surface area contributed by atoms with Crippen LogP contribution >= 0.6 is 11.6 Å². The lowest BCUT2D eigenvalue weighted by atomic mass is 10.1. The predicted octanol–water partition coefficient (Wildman–Crippen LogP) is 5.93. The molecule has 33 heavy (non-hydrogen) atoms. The maximum atomic E-state index is 13.1. The average Bonchev–Trinajstić information content (AvgIpc) is 3.10. The van der Waals surface area contributed by atoms with Crippen LogP contribution < -0.4 is 9.46 Å². The van der Waals surface area contributed by atoms with Gasteiger partial charge in [-0.2, -0.15) is 5.10 Å². The zero-order valence-electron chi connectivity index (χ0n) is 19.0. The molecule has 0 radical (unpaired) electrons. The van der Waals surface area contributed by atoms with Crippen LogP contribution in [0.15, 0.2) is 65.6 Å². The fourth-order valence-corrected chi connectivity index (χ4v) is 5.33. The van der Waals surface area contributed by atoms with Gasteiger partial charge in [0.1, 0.15) is 5.75 Å². The van der Waals surface area contributed by atoms with Gasteiger partial charge in [0.25, 0.3) is 0 Å². The fourth-order valence-electron chi connectivity index (χ4n) is 3.84. The van der Waals surface area contributed by atoms with E-state index in [4.69, 9.17) is 16.3 Å². The number of hydrogen-bond acceptors (Lipinski definition) is 4. The number of rotatable bonds is 7. The van der Waals surface area contributed by atoms with Crippen LogP contribution in [0.25, 0.3) is 10.8 Å².